The van der Waals surface area contributed by atoms with E-state index < -0.39 is 24.0 Å². The zero-order valence-electron chi connectivity index (χ0n) is 11.5. The number of para-hydroxylation sites is 1. The van der Waals surface area contributed by atoms with Crippen molar-refractivity contribution >= 4 is 11.9 Å². The molecule has 0 saturated carbocycles. The van der Waals surface area contributed by atoms with E-state index in [1.807, 2.05) is 30.3 Å². The van der Waals surface area contributed by atoms with E-state index in [4.69, 9.17) is 5.73 Å². The number of nitrogens with zero attached hydrogens (tertiary/aromatic N) is 4. The highest BCUT2D eigenvalue weighted by Gasteiger charge is 2.51. The fourth-order valence-corrected chi connectivity index (χ4v) is 3.07. The standard InChI is InChI=1S/C14H13N5O3/c15-13(20)12-11-9(10-7-17(12)14(21)19(10)22)6-18(16-11)8-4-2-1-3-5-8/h1-6,10,12,22H,7H2,(H2,15,20)/t10-,12+/m1/s1. The summed E-state index contributed by atoms with van der Waals surface area (Å²) in [5, 5.41) is 15.0. The summed E-state index contributed by atoms with van der Waals surface area (Å²) in [4.78, 5) is 25.0. The highest BCUT2D eigenvalue weighted by atomic mass is 16.5. The van der Waals surface area contributed by atoms with Crippen LogP contribution in [0, 0.1) is 0 Å². The van der Waals surface area contributed by atoms with Gasteiger partial charge in [0.25, 0.3) is 0 Å². The first-order valence-electron chi connectivity index (χ1n) is 6.81. The molecule has 2 bridgehead atoms. The van der Waals surface area contributed by atoms with E-state index >= 15 is 0 Å². The van der Waals surface area contributed by atoms with Crippen LogP contribution >= 0.6 is 0 Å². The van der Waals surface area contributed by atoms with Gasteiger partial charge in [0.05, 0.1) is 12.2 Å². The number of rotatable bonds is 2. The Morgan fingerprint density at radius 1 is 1.32 bits per heavy atom. The van der Waals surface area contributed by atoms with E-state index in [0.717, 1.165) is 5.69 Å². The summed E-state index contributed by atoms with van der Waals surface area (Å²) in [5.41, 5.74) is 7.31. The molecule has 0 radical (unpaired) electrons. The molecular formula is C14H13N5O3. The van der Waals surface area contributed by atoms with E-state index in [2.05, 4.69) is 5.10 Å². The van der Waals surface area contributed by atoms with Gasteiger partial charge >= 0.3 is 6.03 Å². The molecule has 0 aliphatic carbocycles. The number of urea groups is 1. The molecule has 1 aromatic heterocycles. The van der Waals surface area contributed by atoms with E-state index in [0.29, 0.717) is 16.3 Å². The molecule has 2 aliphatic rings. The largest absolute Gasteiger partial charge is 0.368 e. The number of hydrogen-bond donors (Lipinski definition) is 2. The van der Waals surface area contributed by atoms with Crippen LogP contribution in [-0.4, -0.2) is 43.4 Å². The zero-order valence-corrected chi connectivity index (χ0v) is 11.5. The molecule has 1 fully saturated rings. The Hall–Kier alpha value is -2.87. The molecule has 8 heteroatoms. The maximum Gasteiger partial charge on any atom is 0.345 e. The average molecular weight is 299 g/mol. The number of fused-ring (bicyclic) bond motifs is 4. The van der Waals surface area contributed by atoms with Crippen molar-refractivity contribution in [3.05, 3.63) is 47.8 Å². The summed E-state index contributed by atoms with van der Waals surface area (Å²) in [6.45, 7) is 0.219. The lowest BCUT2D eigenvalue weighted by atomic mass is 9.98. The van der Waals surface area contributed by atoms with Gasteiger partial charge in [-0.1, -0.05) is 18.2 Å². The van der Waals surface area contributed by atoms with Crippen LogP contribution in [0.4, 0.5) is 4.79 Å². The fourth-order valence-electron chi connectivity index (χ4n) is 3.07. The summed E-state index contributed by atoms with van der Waals surface area (Å²) < 4.78 is 1.63. The van der Waals surface area contributed by atoms with Gasteiger partial charge in [0.15, 0.2) is 6.04 Å². The molecule has 0 unspecified atom stereocenters. The molecule has 3 heterocycles. The number of carbonyl (C=O) groups is 2. The van der Waals surface area contributed by atoms with E-state index in [1.165, 1.54) is 4.90 Å². The van der Waals surface area contributed by atoms with Crippen molar-refractivity contribution in [3.63, 3.8) is 0 Å². The zero-order chi connectivity index (χ0) is 15.4. The monoisotopic (exact) mass is 299 g/mol. The first-order chi connectivity index (χ1) is 10.6. The normalized spacial score (nSPS) is 22.9. The number of hydroxylamine groups is 2. The molecule has 8 nitrogen and oxygen atoms in total. The van der Waals surface area contributed by atoms with E-state index in [-0.39, 0.29) is 6.54 Å². The predicted molar refractivity (Wildman–Crippen MR) is 74.0 cm³/mol. The van der Waals surface area contributed by atoms with Gasteiger partial charge in [-0.3, -0.25) is 10.0 Å². The molecule has 4 rings (SSSR count). The van der Waals surface area contributed by atoms with Crippen molar-refractivity contribution in [1.82, 2.24) is 19.7 Å². The predicted octanol–water partition coefficient (Wildman–Crippen LogP) is 0.580. The molecule has 1 aromatic carbocycles. The van der Waals surface area contributed by atoms with Crippen LogP contribution in [0.2, 0.25) is 0 Å². The van der Waals surface area contributed by atoms with Crippen LogP contribution in [0.25, 0.3) is 5.69 Å². The maximum atomic E-state index is 12.0. The van der Waals surface area contributed by atoms with Crippen molar-refractivity contribution in [2.45, 2.75) is 12.1 Å². The SMILES string of the molecule is NC(=O)[C@@H]1c2nn(-c3ccccc3)cc2[C@H]2CN1C(=O)N2O. The van der Waals surface area contributed by atoms with Crippen LogP contribution in [0.15, 0.2) is 36.5 Å². The van der Waals surface area contributed by atoms with E-state index in [1.54, 1.807) is 10.9 Å². The van der Waals surface area contributed by atoms with Gasteiger partial charge in [-0.2, -0.15) is 10.2 Å². The Bertz CT molecular complexity index is 772. The molecule has 2 atom stereocenters. The third-order valence-electron chi connectivity index (χ3n) is 4.10. The highest BCUT2D eigenvalue weighted by Crippen LogP contribution is 2.42. The number of carbonyl (C=O) groups excluding carboxylic acids is 2. The Balaban J connectivity index is 1.87. The summed E-state index contributed by atoms with van der Waals surface area (Å²) in [5.74, 6) is -0.665. The van der Waals surface area contributed by atoms with Gasteiger partial charge in [-0.15, -0.1) is 0 Å². The lowest BCUT2D eigenvalue weighted by Crippen LogP contribution is -2.41. The van der Waals surface area contributed by atoms with Crippen LogP contribution in [0.3, 0.4) is 0 Å². The van der Waals surface area contributed by atoms with Crippen LogP contribution in [0.5, 0.6) is 0 Å². The smallest absolute Gasteiger partial charge is 0.345 e. The lowest BCUT2D eigenvalue weighted by Gasteiger charge is -2.26. The minimum Gasteiger partial charge on any atom is -0.368 e. The fraction of sp³-hybridized carbons (Fsp3) is 0.214. The molecule has 2 aromatic rings. The minimum absolute atomic E-state index is 0.219. The third kappa shape index (κ3) is 1.58. The lowest BCUT2D eigenvalue weighted by molar-refractivity contribution is -0.122. The first kappa shape index (κ1) is 12.8. The minimum atomic E-state index is -0.958. The summed E-state index contributed by atoms with van der Waals surface area (Å²) in [6.07, 6.45) is 1.73. The van der Waals surface area contributed by atoms with Crippen molar-refractivity contribution in [2.24, 2.45) is 5.73 Å². The molecular weight excluding hydrogens is 286 g/mol. The quantitative estimate of drug-likeness (QED) is 0.791. The van der Waals surface area contributed by atoms with Gasteiger partial charge in [-0.05, 0) is 12.1 Å². The Morgan fingerprint density at radius 3 is 2.73 bits per heavy atom. The van der Waals surface area contributed by atoms with Crippen molar-refractivity contribution in [2.75, 3.05) is 6.54 Å². The maximum absolute atomic E-state index is 12.0. The van der Waals surface area contributed by atoms with Crippen molar-refractivity contribution < 1.29 is 14.8 Å². The molecule has 2 aliphatic heterocycles. The van der Waals surface area contributed by atoms with Crippen molar-refractivity contribution in [1.29, 1.82) is 0 Å². The molecule has 0 spiro atoms. The second-order valence-corrected chi connectivity index (χ2v) is 5.35. The molecule has 3 amide bonds. The Kier molecular flexibility index (Phi) is 2.52. The first-order valence-corrected chi connectivity index (χ1v) is 6.81. The molecule has 22 heavy (non-hydrogen) atoms. The number of hydrogen-bond acceptors (Lipinski definition) is 4. The second-order valence-electron chi connectivity index (χ2n) is 5.35. The van der Waals surface area contributed by atoms with Crippen LogP contribution < -0.4 is 5.73 Å². The van der Waals surface area contributed by atoms with Gasteiger partial charge in [0.1, 0.15) is 11.7 Å². The second kappa shape index (κ2) is 4.31. The van der Waals surface area contributed by atoms with Gasteiger partial charge in [0, 0.05) is 11.8 Å². The molecule has 1 saturated heterocycles. The molecule has 112 valence electrons. The van der Waals surface area contributed by atoms with Gasteiger partial charge in [-0.25, -0.2) is 9.48 Å². The van der Waals surface area contributed by atoms with Gasteiger partial charge in [0.2, 0.25) is 5.91 Å². The van der Waals surface area contributed by atoms with Gasteiger partial charge < -0.3 is 10.6 Å². The van der Waals surface area contributed by atoms with Crippen molar-refractivity contribution in [3.8, 4) is 5.69 Å². The average Bonchev–Trinajstić information content (AvgIpc) is 3.06. The number of nitrogens with two attached hydrogens (primary N) is 1. The third-order valence-corrected chi connectivity index (χ3v) is 4.10. The summed E-state index contributed by atoms with van der Waals surface area (Å²) in [6, 6.07) is 7.27. The summed E-state index contributed by atoms with van der Waals surface area (Å²) >= 11 is 0. The van der Waals surface area contributed by atoms with E-state index in [9.17, 15) is 14.8 Å². The summed E-state index contributed by atoms with van der Waals surface area (Å²) in [7, 11) is 0. The number of primary amides is 1. The van der Waals surface area contributed by atoms with Crippen LogP contribution in [0.1, 0.15) is 23.3 Å². The highest BCUT2D eigenvalue weighted by molar-refractivity contribution is 5.89. The molecule has 3 N–H and O–H groups in total. The number of benzene rings is 1. The number of amides is 3. The van der Waals surface area contributed by atoms with Crippen LogP contribution in [-0.2, 0) is 4.79 Å². The Labute approximate surface area is 125 Å². The Morgan fingerprint density at radius 2 is 2.05 bits per heavy atom. The number of aromatic nitrogens is 2. The topological polar surface area (TPSA) is 105 Å².